The molecule has 0 amide bonds. The van der Waals surface area contributed by atoms with Gasteiger partial charge in [0.15, 0.2) is 12.6 Å². The molecule has 3 rings (SSSR count). The third kappa shape index (κ3) is 5.42. The summed E-state index contributed by atoms with van der Waals surface area (Å²) < 4.78 is 21.5. The molecule has 0 spiro atoms. The second kappa shape index (κ2) is 10.7. The van der Waals surface area contributed by atoms with E-state index in [1.54, 1.807) is 6.08 Å². The van der Waals surface area contributed by atoms with Crippen molar-refractivity contribution >= 4 is 6.08 Å². The van der Waals surface area contributed by atoms with Gasteiger partial charge in [-0.15, -0.1) is 0 Å². The third-order valence-electron chi connectivity index (χ3n) is 5.06. The van der Waals surface area contributed by atoms with Crippen molar-refractivity contribution in [3.8, 4) is 0 Å². The number of benzene rings is 1. The van der Waals surface area contributed by atoms with E-state index in [9.17, 15) is 25.5 Å². The van der Waals surface area contributed by atoms with Crippen LogP contribution in [0.1, 0.15) is 5.56 Å². The molecule has 10 nitrogen and oxygen atoms in total. The van der Waals surface area contributed by atoms with Gasteiger partial charge in [0.05, 0.1) is 19.8 Å². The van der Waals surface area contributed by atoms with Gasteiger partial charge in [0.2, 0.25) is 0 Å². The van der Waals surface area contributed by atoms with Gasteiger partial charge in [-0.05, 0) is 5.56 Å². The highest BCUT2D eigenvalue weighted by Crippen LogP contribution is 2.26. The molecule has 0 radical (unpaired) electrons. The molecule has 1 aromatic carbocycles. The second-order valence-electron chi connectivity index (χ2n) is 7.20. The summed E-state index contributed by atoms with van der Waals surface area (Å²) in [7, 11) is 0. The van der Waals surface area contributed by atoms with E-state index in [-0.39, 0.29) is 13.2 Å². The van der Waals surface area contributed by atoms with E-state index >= 15 is 0 Å². The molecule has 168 valence electrons. The molecule has 10 heteroatoms. The number of hydrogen-bond donors (Lipinski definition) is 6. The summed E-state index contributed by atoms with van der Waals surface area (Å²) in [5.74, 6) is 0. The Morgan fingerprint density at radius 3 is 2.03 bits per heavy atom. The Morgan fingerprint density at radius 2 is 1.37 bits per heavy atom. The topological polar surface area (TPSA) is 158 Å². The maximum atomic E-state index is 10.2. The van der Waals surface area contributed by atoms with E-state index < -0.39 is 61.9 Å². The predicted octanol–water partition coefficient (Wildman–Crippen LogP) is -2.02. The maximum Gasteiger partial charge on any atom is 0.187 e. The van der Waals surface area contributed by atoms with E-state index in [4.69, 9.17) is 24.1 Å². The van der Waals surface area contributed by atoms with Crippen LogP contribution < -0.4 is 0 Å². The van der Waals surface area contributed by atoms with Crippen LogP contribution in [0.5, 0.6) is 0 Å². The zero-order valence-electron chi connectivity index (χ0n) is 16.2. The van der Waals surface area contributed by atoms with Crippen LogP contribution in [0.15, 0.2) is 36.4 Å². The van der Waals surface area contributed by atoms with Crippen molar-refractivity contribution in [2.75, 3.05) is 19.8 Å². The molecular weight excluding hydrogens is 400 g/mol. The molecule has 9 atom stereocenters. The SMILES string of the molecule is OC[C@H]1O[C@@H](OC[C@H]2O[C@@H](OC/C=C/c3ccccc3)[C@H](O)[C@@H](O)[C@H]2O)[C@@H](O)[C@H]1O. The number of aliphatic hydroxyl groups excluding tert-OH is 6. The fraction of sp³-hybridized carbons (Fsp3) is 0.600. The fourth-order valence-corrected chi connectivity index (χ4v) is 3.28. The molecule has 6 N–H and O–H groups in total. The summed E-state index contributed by atoms with van der Waals surface area (Å²) in [6, 6.07) is 9.50. The zero-order chi connectivity index (χ0) is 21.7. The van der Waals surface area contributed by atoms with Crippen LogP contribution in [0.3, 0.4) is 0 Å². The minimum Gasteiger partial charge on any atom is -0.394 e. The zero-order valence-corrected chi connectivity index (χ0v) is 16.2. The first-order valence-electron chi connectivity index (χ1n) is 9.69. The molecule has 2 saturated heterocycles. The Kier molecular flexibility index (Phi) is 8.31. The lowest BCUT2D eigenvalue weighted by Crippen LogP contribution is -2.59. The van der Waals surface area contributed by atoms with E-state index in [0.29, 0.717) is 0 Å². The van der Waals surface area contributed by atoms with E-state index in [0.717, 1.165) is 5.56 Å². The Hall–Kier alpha value is -1.44. The maximum absolute atomic E-state index is 10.2. The van der Waals surface area contributed by atoms with Crippen LogP contribution in [0, 0.1) is 0 Å². The van der Waals surface area contributed by atoms with Crippen LogP contribution in [0.25, 0.3) is 6.08 Å². The lowest BCUT2D eigenvalue weighted by Gasteiger charge is -2.40. The van der Waals surface area contributed by atoms with E-state index in [1.807, 2.05) is 36.4 Å². The molecule has 1 aromatic rings. The quantitative estimate of drug-likeness (QED) is 0.273. The molecule has 0 unspecified atom stereocenters. The van der Waals surface area contributed by atoms with Crippen molar-refractivity contribution in [3.05, 3.63) is 42.0 Å². The Balaban J connectivity index is 1.52. The second-order valence-corrected chi connectivity index (χ2v) is 7.20. The average molecular weight is 428 g/mol. The van der Waals surface area contributed by atoms with Gasteiger partial charge in [-0.1, -0.05) is 42.5 Å². The van der Waals surface area contributed by atoms with Crippen molar-refractivity contribution in [1.29, 1.82) is 0 Å². The largest absolute Gasteiger partial charge is 0.394 e. The van der Waals surface area contributed by atoms with Gasteiger partial charge in [-0.3, -0.25) is 0 Å². The fourth-order valence-electron chi connectivity index (χ4n) is 3.28. The molecule has 0 saturated carbocycles. The highest BCUT2D eigenvalue weighted by molar-refractivity contribution is 5.48. The van der Waals surface area contributed by atoms with Crippen molar-refractivity contribution in [2.45, 2.75) is 55.3 Å². The first-order chi connectivity index (χ1) is 14.4. The summed E-state index contributed by atoms with van der Waals surface area (Å²) >= 11 is 0. The molecule has 30 heavy (non-hydrogen) atoms. The van der Waals surface area contributed by atoms with Crippen molar-refractivity contribution < 1.29 is 49.6 Å². The van der Waals surface area contributed by atoms with Gasteiger partial charge in [0.1, 0.15) is 42.7 Å². The van der Waals surface area contributed by atoms with Gasteiger partial charge < -0.3 is 49.6 Å². The smallest absolute Gasteiger partial charge is 0.187 e. The Morgan fingerprint density at radius 1 is 0.767 bits per heavy atom. The van der Waals surface area contributed by atoms with Crippen molar-refractivity contribution in [1.82, 2.24) is 0 Å². The summed E-state index contributed by atoms with van der Waals surface area (Å²) in [5.41, 5.74) is 0.964. The lowest BCUT2D eigenvalue weighted by atomic mass is 9.99. The average Bonchev–Trinajstić information content (AvgIpc) is 3.04. The van der Waals surface area contributed by atoms with E-state index in [2.05, 4.69) is 0 Å². The minimum atomic E-state index is -1.54. The minimum absolute atomic E-state index is 0.0852. The van der Waals surface area contributed by atoms with Crippen LogP contribution in [0.4, 0.5) is 0 Å². The first-order valence-corrected chi connectivity index (χ1v) is 9.69. The van der Waals surface area contributed by atoms with Crippen LogP contribution in [-0.2, 0) is 18.9 Å². The number of hydrogen-bond acceptors (Lipinski definition) is 10. The van der Waals surface area contributed by atoms with Gasteiger partial charge in [-0.2, -0.15) is 0 Å². The van der Waals surface area contributed by atoms with Crippen molar-refractivity contribution in [2.24, 2.45) is 0 Å². The number of aliphatic hydroxyl groups is 6. The van der Waals surface area contributed by atoms with Gasteiger partial charge in [0.25, 0.3) is 0 Å². The van der Waals surface area contributed by atoms with Gasteiger partial charge >= 0.3 is 0 Å². The summed E-state index contributed by atoms with van der Waals surface area (Å²) in [6.45, 7) is -0.739. The lowest BCUT2D eigenvalue weighted by molar-refractivity contribution is -0.307. The van der Waals surface area contributed by atoms with Crippen LogP contribution in [-0.4, -0.2) is 106 Å². The summed E-state index contributed by atoms with van der Waals surface area (Å²) in [5, 5.41) is 59.1. The van der Waals surface area contributed by atoms with Crippen molar-refractivity contribution in [3.63, 3.8) is 0 Å². The van der Waals surface area contributed by atoms with Crippen LogP contribution >= 0.6 is 0 Å². The molecule has 0 aromatic heterocycles. The first kappa shape index (κ1) is 23.2. The van der Waals surface area contributed by atoms with Gasteiger partial charge in [0, 0.05) is 0 Å². The Labute approximate surface area is 173 Å². The molecule has 2 heterocycles. The monoisotopic (exact) mass is 428 g/mol. The predicted molar refractivity (Wildman–Crippen MR) is 102 cm³/mol. The highest BCUT2D eigenvalue weighted by Gasteiger charge is 2.47. The van der Waals surface area contributed by atoms with E-state index in [1.165, 1.54) is 0 Å². The van der Waals surface area contributed by atoms with Crippen LogP contribution in [0.2, 0.25) is 0 Å². The van der Waals surface area contributed by atoms with Gasteiger partial charge in [-0.25, -0.2) is 0 Å². The standard InChI is InChI=1S/C20H28O10/c21-9-12-14(22)17(25)20(29-12)28-10-13-15(23)16(24)18(26)19(30-13)27-8-4-7-11-5-2-1-3-6-11/h1-7,12-26H,8-10H2/b7-4+/t12-,13-,14+,15+,16+,17+,18-,19-,20-/m1/s1. The molecule has 0 aliphatic carbocycles. The number of ether oxygens (including phenoxy) is 4. The number of rotatable bonds is 8. The molecular formula is C20H28O10. The molecule has 2 fully saturated rings. The summed E-state index contributed by atoms with van der Waals surface area (Å²) in [6.07, 6.45) is -8.23. The summed E-state index contributed by atoms with van der Waals surface area (Å²) in [4.78, 5) is 0. The Bertz CT molecular complexity index is 671. The molecule has 2 aliphatic rings. The molecule has 2 aliphatic heterocycles. The normalized spacial score (nSPS) is 39.6. The molecule has 0 bridgehead atoms. The third-order valence-corrected chi connectivity index (χ3v) is 5.06. The highest BCUT2D eigenvalue weighted by atomic mass is 16.7.